The van der Waals surface area contributed by atoms with Crippen molar-refractivity contribution in [1.82, 2.24) is 10.2 Å². The number of nitrogens with zero attached hydrogens (tertiary/aromatic N) is 1. The number of amides is 1. The molecule has 0 aromatic heterocycles. The van der Waals surface area contributed by atoms with Crippen LogP contribution in [0.1, 0.15) is 59.8 Å². The molecule has 0 aromatic carbocycles. The first-order valence-corrected chi connectivity index (χ1v) is 7.64. The van der Waals surface area contributed by atoms with Gasteiger partial charge in [-0.2, -0.15) is 0 Å². The van der Waals surface area contributed by atoms with Crippen LogP contribution in [0.5, 0.6) is 0 Å². The van der Waals surface area contributed by atoms with Crippen LogP contribution in [-0.2, 0) is 4.74 Å². The Labute approximate surface area is 117 Å². The fourth-order valence-corrected chi connectivity index (χ4v) is 2.39. The summed E-state index contributed by atoms with van der Waals surface area (Å²) in [5.41, 5.74) is -0.408. The molecule has 0 aliphatic carbocycles. The van der Waals surface area contributed by atoms with Crippen LogP contribution in [0, 0.1) is 0 Å². The summed E-state index contributed by atoms with van der Waals surface area (Å²) in [4.78, 5) is 14.1. The van der Waals surface area contributed by atoms with Gasteiger partial charge in [-0.25, -0.2) is 4.79 Å². The molecule has 4 nitrogen and oxygen atoms in total. The molecule has 1 fully saturated rings. The lowest BCUT2D eigenvalue weighted by molar-refractivity contribution is 0.0109. The summed E-state index contributed by atoms with van der Waals surface area (Å²) in [6, 6.07) is 0.292. The lowest BCUT2D eigenvalue weighted by Gasteiger charge is -2.37. The molecular weight excluding hydrogens is 240 g/mol. The minimum atomic E-state index is -0.408. The third-order valence-electron chi connectivity index (χ3n) is 3.37. The van der Waals surface area contributed by atoms with Crippen molar-refractivity contribution in [2.75, 3.05) is 19.6 Å². The molecule has 1 aliphatic heterocycles. The summed E-state index contributed by atoms with van der Waals surface area (Å²) >= 11 is 0. The van der Waals surface area contributed by atoms with Gasteiger partial charge < -0.3 is 15.0 Å². The number of carbonyl (C=O) groups excluding carboxylic acids is 1. The lowest BCUT2D eigenvalue weighted by Crippen LogP contribution is -2.54. The van der Waals surface area contributed by atoms with Gasteiger partial charge in [-0.3, -0.25) is 0 Å². The minimum Gasteiger partial charge on any atom is -0.444 e. The summed E-state index contributed by atoms with van der Waals surface area (Å²) in [6.07, 6.45) is 5.90. The number of nitrogens with one attached hydrogen (secondary N) is 1. The van der Waals surface area contributed by atoms with E-state index in [1.54, 1.807) is 0 Å². The van der Waals surface area contributed by atoms with E-state index >= 15 is 0 Å². The second kappa shape index (κ2) is 7.73. The molecule has 4 heteroatoms. The van der Waals surface area contributed by atoms with Crippen molar-refractivity contribution >= 4 is 6.09 Å². The first-order valence-electron chi connectivity index (χ1n) is 7.64. The Morgan fingerprint density at radius 1 is 1.32 bits per heavy atom. The molecule has 0 saturated carbocycles. The third-order valence-corrected chi connectivity index (χ3v) is 3.37. The Hall–Kier alpha value is -0.770. The fourth-order valence-electron chi connectivity index (χ4n) is 2.39. The number of rotatable bonds is 5. The molecule has 112 valence electrons. The zero-order valence-electron chi connectivity index (χ0n) is 13.0. The molecular formula is C15H30N2O2. The fraction of sp³-hybridized carbons (Fsp3) is 0.933. The van der Waals surface area contributed by atoms with Crippen LogP contribution in [0.15, 0.2) is 0 Å². The van der Waals surface area contributed by atoms with Crippen LogP contribution in [0.3, 0.4) is 0 Å². The number of carbonyl (C=O) groups is 1. The monoisotopic (exact) mass is 270 g/mol. The molecule has 1 N–H and O–H groups in total. The summed E-state index contributed by atoms with van der Waals surface area (Å²) in [5.74, 6) is 0. The normalized spacial score (nSPS) is 20.4. The van der Waals surface area contributed by atoms with Crippen LogP contribution in [0.2, 0.25) is 0 Å². The van der Waals surface area contributed by atoms with Crippen molar-refractivity contribution in [1.29, 1.82) is 0 Å². The molecule has 1 rings (SSSR count). The first kappa shape index (κ1) is 16.3. The molecule has 1 atom stereocenters. The van der Waals surface area contributed by atoms with Crippen molar-refractivity contribution in [3.63, 3.8) is 0 Å². The molecule has 1 aliphatic rings. The summed E-state index contributed by atoms with van der Waals surface area (Å²) in [5, 5.41) is 3.37. The Bertz CT molecular complexity index is 274. The number of hydrogen-bond acceptors (Lipinski definition) is 3. The number of unbranched alkanes of at least 4 members (excludes halogenated alkanes) is 3. The standard InChI is InChI=1S/C15H30N2O2/c1-5-6-7-8-9-13-12-16-10-11-17(13)14(18)19-15(2,3)4/h13,16H,5-12H2,1-4H3. The van der Waals surface area contributed by atoms with E-state index in [0.717, 1.165) is 26.1 Å². The van der Waals surface area contributed by atoms with E-state index in [9.17, 15) is 4.79 Å². The maximum atomic E-state index is 12.2. The number of hydrogen-bond donors (Lipinski definition) is 1. The van der Waals surface area contributed by atoms with Crippen molar-refractivity contribution < 1.29 is 9.53 Å². The van der Waals surface area contributed by atoms with Gasteiger partial charge >= 0.3 is 6.09 Å². The van der Waals surface area contributed by atoms with Gasteiger partial charge in [0.25, 0.3) is 0 Å². The average molecular weight is 270 g/mol. The number of piperazine rings is 1. The van der Waals surface area contributed by atoms with Crippen molar-refractivity contribution in [3.05, 3.63) is 0 Å². The van der Waals surface area contributed by atoms with Crippen LogP contribution >= 0.6 is 0 Å². The van der Waals surface area contributed by atoms with E-state index < -0.39 is 5.60 Å². The topological polar surface area (TPSA) is 41.6 Å². The summed E-state index contributed by atoms with van der Waals surface area (Å²) in [7, 11) is 0. The highest BCUT2D eigenvalue weighted by molar-refractivity contribution is 5.68. The van der Waals surface area contributed by atoms with E-state index in [4.69, 9.17) is 4.74 Å². The maximum absolute atomic E-state index is 12.2. The van der Waals surface area contributed by atoms with Gasteiger partial charge in [0.15, 0.2) is 0 Å². The van der Waals surface area contributed by atoms with Crippen LogP contribution in [0.4, 0.5) is 4.79 Å². The maximum Gasteiger partial charge on any atom is 0.410 e. The molecule has 0 radical (unpaired) electrons. The van der Waals surface area contributed by atoms with E-state index in [1.807, 2.05) is 25.7 Å². The van der Waals surface area contributed by atoms with Gasteiger partial charge in [0.1, 0.15) is 5.60 Å². The summed E-state index contributed by atoms with van der Waals surface area (Å²) in [6.45, 7) is 10.5. The molecule has 1 saturated heterocycles. The van der Waals surface area contributed by atoms with Gasteiger partial charge in [-0.15, -0.1) is 0 Å². The van der Waals surface area contributed by atoms with Gasteiger partial charge in [0.05, 0.1) is 0 Å². The smallest absolute Gasteiger partial charge is 0.410 e. The molecule has 1 amide bonds. The highest BCUT2D eigenvalue weighted by Crippen LogP contribution is 2.17. The minimum absolute atomic E-state index is 0.158. The molecule has 19 heavy (non-hydrogen) atoms. The Morgan fingerprint density at radius 2 is 2.05 bits per heavy atom. The molecule has 0 spiro atoms. The van der Waals surface area contributed by atoms with Gasteiger partial charge in [0.2, 0.25) is 0 Å². The van der Waals surface area contributed by atoms with E-state index in [0.29, 0.717) is 6.04 Å². The summed E-state index contributed by atoms with van der Waals surface area (Å²) < 4.78 is 5.49. The Morgan fingerprint density at radius 3 is 2.68 bits per heavy atom. The van der Waals surface area contributed by atoms with Gasteiger partial charge in [-0.1, -0.05) is 32.6 Å². The second-order valence-corrected chi connectivity index (χ2v) is 6.38. The van der Waals surface area contributed by atoms with Crippen molar-refractivity contribution in [3.8, 4) is 0 Å². The first-order chi connectivity index (χ1) is 8.94. The second-order valence-electron chi connectivity index (χ2n) is 6.38. The largest absolute Gasteiger partial charge is 0.444 e. The lowest BCUT2D eigenvalue weighted by atomic mass is 10.0. The van der Waals surface area contributed by atoms with E-state index in [1.165, 1.54) is 25.7 Å². The van der Waals surface area contributed by atoms with Crippen LogP contribution in [0.25, 0.3) is 0 Å². The van der Waals surface area contributed by atoms with Crippen LogP contribution < -0.4 is 5.32 Å². The van der Waals surface area contributed by atoms with Crippen molar-refractivity contribution in [2.45, 2.75) is 71.4 Å². The highest BCUT2D eigenvalue weighted by Gasteiger charge is 2.29. The van der Waals surface area contributed by atoms with Gasteiger partial charge in [-0.05, 0) is 27.2 Å². The van der Waals surface area contributed by atoms with Gasteiger partial charge in [0, 0.05) is 25.7 Å². The zero-order chi connectivity index (χ0) is 14.3. The molecule has 1 heterocycles. The van der Waals surface area contributed by atoms with E-state index in [-0.39, 0.29) is 6.09 Å². The van der Waals surface area contributed by atoms with Crippen molar-refractivity contribution in [2.24, 2.45) is 0 Å². The SMILES string of the molecule is CCCCCCC1CNCCN1C(=O)OC(C)(C)C. The molecule has 0 bridgehead atoms. The predicted octanol–water partition coefficient (Wildman–Crippen LogP) is 3.17. The van der Waals surface area contributed by atoms with E-state index in [2.05, 4.69) is 12.2 Å². The average Bonchev–Trinajstić information content (AvgIpc) is 2.33. The molecule has 0 aromatic rings. The van der Waals surface area contributed by atoms with Crippen LogP contribution in [-0.4, -0.2) is 42.3 Å². The highest BCUT2D eigenvalue weighted by atomic mass is 16.6. The molecule has 1 unspecified atom stereocenters. The quantitative estimate of drug-likeness (QED) is 0.780. The Kier molecular flexibility index (Phi) is 6.63. The Balaban J connectivity index is 2.45. The predicted molar refractivity (Wildman–Crippen MR) is 78.4 cm³/mol. The zero-order valence-corrected chi connectivity index (χ0v) is 13.0. The third kappa shape index (κ3) is 6.28. The number of ether oxygens (including phenoxy) is 1.